The summed E-state index contributed by atoms with van der Waals surface area (Å²) in [6.07, 6.45) is 1.78. The summed E-state index contributed by atoms with van der Waals surface area (Å²) in [5.41, 5.74) is 8.80. The molecule has 1 aliphatic rings. The molecule has 0 bridgehead atoms. The minimum absolute atomic E-state index is 0.102. The molecule has 0 unspecified atom stereocenters. The summed E-state index contributed by atoms with van der Waals surface area (Å²) in [5.74, 6) is -0.918. The predicted octanol–water partition coefficient (Wildman–Crippen LogP) is 1.54. The first-order valence-corrected chi connectivity index (χ1v) is 7.90. The van der Waals surface area contributed by atoms with Gasteiger partial charge in [-0.15, -0.1) is 0 Å². The van der Waals surface area contributed by atoms with Crippen LogP contribution in [-0.2, 0) is 23.8 Å². The Bertz CT molecular complexity index is 550. The van der Waals surface area contributed by atoms with Gasteiger partial charge in [0, 0.05) is 16.9 Å². The highest BCUT2D eigenvalue weighted by molar-refractivity contribution is 7.86. The van der Waals surface area contributed by atoms with Gasteiger partial charge in [-0.25, -0.2) is 4.79 Å². The smallest absolute Gasteiger partial charge is 0.333 e. The summed E-state index contributed by atoms with van der Waals surface area (Å²) >= 11 is 0. The normalized spacial score (nSPS) is 26.4. The molecule has 0 amide bonds. The lowest BCUT2D eigenvalue weighted by atomic mass is 9.85. The van der Waals surface area contributed by atoms with Crippen LogP contribution in [0.3, 0.4) is 0 Å². The van der Waals surface area contributed by atoms with Crippen molar-refractivity contribution in [3.05, 3.63) is 22.1 Å². The number of nitrogens with zero attached hydrogens (tertiary/aromatic N) is 3. The Hall–Kier alpha value is -1.57. The van der Waals surface area contributed by atoms with Crippen LogP contribution in [0.25, 0.3) is 10.4 Å². The first kappa shape index (κ1) is 16.5. The molecular weight excluding hydrogens is 286 g/mol. The van der Waals surface area contributed by atoms with Gasteiger partial charge in [0.15, 0.2) is 0 Å². The van der Waals surface area contributed by atoms with Crippen LogP contribution < -0.4 is 0 Å². The molecule has 0 heterocycles. The first-order valence-electron chi connectivity index (χ1n) is 6.08. The van der Waals surface area contributed by atoms with E-state index in [0.717, 1.165) is 6.26 Å². The lowest BCUT2D eigenvalue weighted by molar-refractivity contribution is -0.139. The maximum atomic E-state index is 11.7. The van der Waals surface area contributed by atoms with E-state index in [1.54, 1.807) is 13.8 Å². The fourth-order valence-electron chi connectivity index (χ4n) is 1.97. The Morgan fingerprint density at radius 3 is 2.75 bits per heavy atom. The van der Waals surface area contributed by atoms with E-state index in [-0.39, 0.29) is 24.5 Å². The highest BCUT2D eigenvalue weighted by atomic mass is 32.2. The second-order valence-corrected chi connectivity index (χ2v) is 6.11. The summed E-state index contributed by atoms with van der Waals surface area (Å²) in [4.78, 5) is 14.4. The Morgan fingerprint density at radius 1 is 1.60 bits per heavy atom. The fraction of sp³-hybridized carbons (Fsp3) is 0.727. The third-order valence-corrected chi connectivity index (χ3v) is 3.54. The van der Waals surface area contributed by atoms with Crippen molar-refractivity contribution in [2.75, 3.05) is 12.9 Å². The van der Waals surface area contributed by atoms with Crippen molar-refractivity contribution < 1.29 is 22.1 Å². The topological polar surface area (TPSA) is 118 Å². The van der Waals surface area contributed by atoms with Gasteiger partial charge < -0.3 is 4.74 Å². The monoisotopic (exact) mass is 303 g/mol. The molecule has 0 aromatic rings. The number of hydrogen-bond acceptors (Lipinski definition) is 6. The van der Waals surface area contributed by atoms with E-state index < -0.39 is 28.2 Å². The van der Waals surface area contributed by atoms with Gasteiger partial charge in [0.1, 0.15) is 0 Å². The molecule has 0 aliphatic heterocycles. The zero-order valence-electron chi connectivity index (χ0n) is 11.5. The van der Waals surface area contributed by atoms with Gasteiger partial charge in [-0.2, -0.15) is 8.42 Å². The number of azide groups is 1. The summed E-state index contributed by atoms with van der Waals surface area (Å²) in [7, 11) is -3.67. The molecule has 0 saturated carbocycles. The highest BCUT2D eigenvalue weighted by Gasteiger charge is 2.35. The van der Waals surface area contributed by atoms with Gasteiger partial charge >= 0.3 is 5.97 Å². The minimum atomic E-state index is -3.67. The van der Waals surface area contributed by atoms with Crippen molar-refractivity contribution >= 4 is 16.1 Å². The van der Waals surface area contributed by atoms with Crippen LogP contribution >= 0.6 is 0 Å². The lowest BCUT2D eigenvalue weighted by Crippen LogP contribution is -2.36. The molecule has 0 fully saturated rings. The summed E-state index contributed by atoms with van der Waals surface area (Å²) in [6, 6.07) is -0.653. The van der Waals surface area contributed by atoms with Crippen LogP contribution in [0.4, 0.5) is 0 Å². The Kier molecular flexibility index (Phi) is 5.55. The molecule has 8 nitrogen and oxygen atoms in total. The van der Waals surface area contributed by atoms with Crippen LogP contribution in [0.15, 0.2) is 16.8 Å². The summed E-state index contributed by atoms with van der Waals surface area (Å²) in [6.45, 7) is 3.57. The van der Waals surface area contributed by atoms with E-state index >= 15 is 0 Å². The highest BCUT2D eigenvalue weighted by Crippen LogP contribution is 2.30. The van der Waals surface area contributed by atoms with Crippen molar-refractivity contribution in [3.8, 4) is 0 Å². The quantitative estimate of drug-likeness (QED) is 0.251. The molecule has 112 valence electrons. The van der Waals surface area contributed by atoms with E-state index in [1.165, 1.54) is 6.08 Å². The van der Waals surface area contributed by atoms with Crippen LogP contribution in [0.2, 0.25) is 0 Å². The van der Waals surface area contributed by atoms with Crippen LogP contribution in [0.1, 0.15) is 20.3 Å². The first-order chi connectivity index (χ1) is 9.28. The van der Waals surface area contributed by atoms with Crippen LogP contribution in [0.5, 0.6) is 0 Å². The second-order valence-electron chi connectivity index (χ2n) is 4.51. The maximum Gasteiger partial charge on any atom is 0.333 e. The third kappa shape index (κ3) is 4.52. The van der Waals surface area contributed by atoms with Gasteiger partial charge in [0.05, 0.1) is 25.0 Å². The molecule has 3 atom stereocenters. The second kappa shape index (κ2) is 6.74. The lowest BCUT2D eigenvalue weighted by Gasteiger charge is -2.31. The number of hydrogen-bond donors (Lipinski definition) is 0. The molecule has 0 radical (unpaired) electrons. The summed E-state index contributed by atoms with van der Waals surface area (Å²) < 4.78 is 32.3. The SMILES string of the molecule is CCOC(=O)C1=C[C@H](N=[N+]=[N-])[C@@H](C)[C@@H](OS(C)(=O)=O)C1. The van der Waals surface area contributed by atoms with Crippen molar-refractivity contribution in [1.82, 2.24) is 0 Å². The van der Waals surface area contributed by atoms with E-state index in [0.29, 0.717) is 0 Å². The molecule has 1 rings (SSSR count). The molecule has 9 heteroatoms. The summed E-state index contributed by atoms with van der Waals surface area (Å²) in [5, 5.41) is 3.56. The number of carbonyl (C=O) groups is 1. The van der Waals surface area contributed by atoms with Crippen LogP contribution in [0, 0.1) is 5.92 Å². The third-order valence-electron chi connectivity index (χ3n) is 2.94. The number of esters is 1. The zero-order chi connectivity index (χ0) is 15.3. The standard InChI is InChI=1S/C11H17N3O5S/c1-4-18-11(15)8-5-9(13-14-12)7(2)10(6-8)19-20(3,16)17/h5,7,9-10H,4,6H2,1-3H3/t7-,9+,10+/m1/s1. The van der Waals surface area contributed by atoms with Gasteiger partial charge in [-0.3, -0.25) is 4.18 Å². The van der Waals surface area contributed by atoms with E-state index in [4.69, 9.17) is 14.5 Å². The van der Waals surface area contributed by atoms with Crippen LogP contribution in [-0.4, -0.2) is 39.4 Å². The molecule has 1 aliphatic carbocycles. The van der Waals surface area contributed by atoms with Gasteiger partial charge in [0.2, 0.25) is 0 Å². The van der Waals surface area contributed by atoms with Crippen molar-refractivity contribution in [2.45, 2.75) is 32.4 Å². The fourth-order valence-corrected chi connectivity index (χ4v) is 2.66. The van der Waals surface area contributed by atoms with E-state index in [9.17, 15) is 13.2 Å². The maximum absolute atomic E-state index is 11.7. The molecule has 20 heavy (non-hydrogen) atoms. The van der Waals surface area contributed by atoms with Crippen molar-refractivity contribution in [2.24, 2.45) is 11.0 Å². The van der Waals surface area contributed by atoms with Crippen molar-refractivity contribution in [3.63, 3.8) is 0 Å². The van der Waals surface area contributed by atoms with Gasteiger partial charge in [-0.1, -0.05) is 18.1 Å². The van der Waals surface area contributed by atoms with E-state index in [2.05, 4.69) is 10.0 Å². The molecule has 0 spiro atoms. The minimum Gasteiger partial charge on any atom is -0.463 e. The molecule has 0 N–H and O–H groups in total. The van der Waals surface area contributed by atoms with Crippen molar-refractivity contribution in [1.29, 1.82) is 0 Å². The largest absolute Gasteiger partial charge is 0.463 e. The molecule has 0 aromatic heterocycles. The van der Waals surface area contributed by atoms with E-state index in [1.807, 2.05) is 0 Å². The average molecular weight is 303 g/mol. The number of carbonyl (C=O) groups excluding carboxylic acids is 1. The predicted molar refractivity (Wildman–Crippen MR) is 71.1 cm³/mol. The Morgan fingerprint density at radius 2 is 2.25 bits per heavy atom. The number of ether oxygens (including phenoxy) is 1. The number of rotatable bonds is 5. The van der Waals surface area contributed by atoms with Gasteiger partial charge in [0.25, 0.3) is 10.1 Å². The van der Waals surface area contributed by atoms with Gasteiger partial charge in [-0.05, 0) is 18.4 Å². The zero-order valence-corrected chi connectivity index (χ0v) is 12.3. The molecule has 0 saturated heterocycles. The average Bonchev–Trinajstić information content (AvgIpc) is 2.32. The molecule has 0 aromatic carbocycles. The Labute approximate surface area is 117 Å². The molecular formula is C11H17N3O5S. The Balaban J connectivity index is 3.05.